The zero-order valence-electron chi connectivity index (χ0n) is 21.7. The van der Waals surface area contributed by atoms with Crippen LogP contribution in [0, 0.1) is 12.8 Å². The van der Waals surface area contributed by atoms with E-state index in [1.807, 2.05) is 18.7 Å². The van der Waals surface area contributed by atoms with Gasteiger partial charge in [0.2, 0.25) is 11.8 Å². The van der Waals surface area contributed by atoms with E-state index in [1.165, 1.54) is 9.08 Å². The average Bonchev–Trinajstić information content (AvgIpc) is 3.46. The van der Waals surface area contributed by atoms with Crippen LogP contribution < -0.4 is 16.2 Å². The van der Waals surface area contributed by atoms with E-state index in [4.69, 9.17) is 0 Å². The quantitative estimate of drug-likeness (QED) is 0.491. The molecule has 3 N–H and O–H groups in total. The van der Waals surface area contributed by atoms with Crippen molar-refractivity contribution >= 4 is 35.9 Å². The fourth-order valence-electron chi connectivity index (χ4n) is 5.70. The summed E-state index contributed by atoms with van der Waals surface area (Å²) >= 11 is 0. The fourth-order valence-corrected chi connectivity index (χ4v) is 5.70. The fraction of sp³-hybridized carbons (Fsp3) is 0.615. The van der Waals surface area contributed by atoms with Crippen LogP contribution in [-0.2, 0) is 11.3 Å². The number of fused-ring (bicyclic) bond motifs is 1. The second-order valence-corrected chi connectivity index (χ2v) is 10.9. The van der Waals surface area contributed by atoms with Gasteiger partial charge in [-0.05, 0) is 64.0 Å². The Morgan fingerprint density at radius 3 is 2.65 bits per heavy atom. The van der Waals surface area contributed by atoms with Gasteiger partial charge in [-0.25, -0.2) is 0 Å². The molecule has 0 bridgehead atoms. The minimum Gasteiger partial charge on any atom is -0.492 e. The lowest BCUT2D eigenvalue weighted by molar-refractivity contribution is -0.130. The van der Waals surface area contributed by atoms with Gasteiger partial charge in [0.15, 0.2) is 5.56 Å². The van der Waals surface area contributed by atoms with Crippen molar-refractivity contribution in [2.45, 2.75) is 77.4 Å². The lowest BCUT2D eigenvalue weighted by Gasteiger charge is -2.41. The van der Waals surface area contributed by atoms with E-state index < -0.39 is 17.3 Å². The second-order valence-electron chi connectivity index (χ2n) is 10.9. The zero-order valence-corrected chi connectivity index (χ0v) is 22.6. The van der Waals surface area contributed by atoms with Crippen LogP contribution in [-0.4, -0.2) is 67.2 Å². The number of aromatic nitrogens is 3. The summed E-state index contributed by atoms with van der Waals surface area (Å²) < 4.78 is 2.76. The van der Waals surface area contributed by atoms with E-state index in [0.29, 0.717) is 23.4 Å². The van der Waals surface area contributed by atoms with Gasteiger partial charge in [0, 0.05) is 37.3 Å². The zero-order chi connectivity index (χ0) is 25.6. The Labute approximate surface area is 222 Å². The molecular formula is C26H37ClN6O4. The molecule has 1 spiro atoms. The number of aromatic hydroxyl groups is 1. The highest BCUT2D eigenvalue weighted by atomic mass is 35.5. The maximum absolute atomic E-state index is 13.5. The number of nitrogens with zero attached hydrogens (tertiary/aromatic N) is 4. The number of carbonyl (C=O) groups is 2. The van der Waals surface area contributed by atoms with Crippen molar-refractivity contribution in [1.82, 2.24) is 29.7 Å². The van der Waals surface area contributed by atoms with Gasteiger partial charge < -0.3 is 20.6 Å². The van der Waals surface area contributed by atoms with E-state index in [1.54, 1.807) is 19.1 Å². The van der Waals surface area contributed by atoms with Crippen LogP contribution in [0.1, 0.15) is 74.0 Å². The van der Waals surface area contributed by atoms with Crippen LogP contribution >= 0.6 is 12.4 Å². The number of nitrogens with one attached hydrogen (secondary N) is 2. The molecular weight excluding hydrogens is 496 g/mol. The summed E-state index contributed by atoms with van der Waals surface area (Å²) in [6.07, 6.45) is 9.04. The minimum atomic E-state index is -0.583. The van der Waals surface area contributed by atoms with Gasteiger partial charge in [-0.3, -0.25) is 19.0 Å². The Bertz CT molecular complexity index is 1290. The molecule has 2 aliphatic heterocycles. The van der Waals surface area contributed by atoms with E-state index in [0.717, 1.165) is 58.2 Å². The van der Waals surface area contributed by atoms with Crippen molar-refractivity contribution in [3.63, 3.8) is 0 Å². The Morgan fingerprint density at radius 2 is 2.00 bits per heavy atom. The van der Waals surface area contributed by atoms with Crippen molar-refractivity contribution in [1.29, 1.82) is 0 Å². The molecule has 2 aromatic rings. The Hall–Kier alpha value is -2.85. The van der Waals surface area contributed by atoms with Crippen LogP contribution in [0.3, 0.4) is 0 Å². The van der Waals surface area contributed by atoms with E-state index >= 15 is 0 Å². The second kappa shape index (κ2) is 10.5. The third-order valence-electron chi connectivity index (χ3n) is 7.61. The monoisotopic (exact) mass is 532 g/mol. The summed E-state index contributed by atoms with van der Waals surface area (Å²) in [5, 5.41) is 21.7. The van der Waals surface area contributed by atoms with Crippen LogP contribution in [0.4, 0.5) is 0 Å². The molecule has 4 heterocycles. The summed E-state index contributed by atoms with van der Waals surface area (Å²) in [4.78, 5) is 41.6. The average molecular weight is 533 g/mol. The highest BCUT2D eigenvalue weighted by Crippen LogP contribution is 2.35. The normalized spacial score (nSPS) is 21.8. The molecule has 5 rings (SSSR count). The molecule has 1 aliphatic carbocycles. The largest absolute Gasteiger partial charge is 0.492 e. The third kappa shape index (κ3) is 5.01. The van der Waals surface area contributed by atoms with Crippen molar-refractivity contribution in [2.75, 3.05) is 19.6 Å². The Balaban J connectivity index is 0.00000320. The van der Waals surface area contributed by atoms with E-state index in [2.05, 4.69) is 15.7 Å². The topological polar surface area (TPSA) is 121 Å². The molecule has 3 fully saturated rings. The summed E-state index contributed by atoms with van der Waals surface area (Å²) in [7, 11) is 0. The molecule has 2 amide bonds. The SMILES string of the molecule is Cc1nn2c(O)c(C(=O)NC3CC3)c(=O)n(CC(C)C)c2c1C=CC(=O)N1CCCC12CCCNC2.Cl. The maximum atomic E-state index is 13.5. The molecule has 37 heavy (non-hydrogen) atoms. The molecule has 0 radical (unpaired) electrons. The van der Waals surface area contributed by atoms with Crippen LogP contribution in [0.25, 0.3) is 11.7 Å². The molecule has 2 aromatic heterocycles. The van der Waals surface area contributed by atoms with Crippen molar-refractivity contribution in [2.24, 2.45) is 5.92 Å². The molecule has 202 valence electrons. The molecule has 1 atom stereocenters. The first-order chi connectivity index (χ1) is 17.2. The molecule has 3 aliphatic rings. The molecule has 2 saturated heterocycles. The number of carbonyl (C=O) groups excluding carboxylic acids is 2. The van der Waals surface area contributed by atoms with Gasteiger partial charge in [-0.2, -0.15) is 9.61 Å². The number of amides is 2. The number of hydrogen-bond acceptors (Lipinski definition) is 6. The van der Waals surface area contributed by atoms with Crippen LogP contribution in [0.5, 0.6) is 5.88 Å². The van der Waals surface area contributed by atoms with Gasteiger partial charge >= 0.3 is 0 Å². The van der Waals surface area contributed by atoms with Gasteiger partial charge in [0.1, 0.15) is 5.65 Å². The highest BCUT2D eigenvalue weighted by molar-refractivity contribution is 5.97. The number of rotatable bonds is 6. The molecule has 0 aromatic carbocycles. The molecule has 1 unspecified atom stereocenters. The summed E-state index contributed by atoms with van der Waals surface area (Å²) in [5.74, 6) is -1.01. The number of piperidine rings is 1. The first-order valence-electron chi connectivity index (χ1n) is 13.1. The van der Waals surface area contributed by atoms with Gasteiger partial charge in [-0.1, -0.05) is 13.8 Å². The first kappa shape index (κ1) is 27.2. The third-order valence-corrected chi connectivity index (χ3v) is 7.61. The lowest BCUT2D eigenvalue weighted by Crippen LogP contribution is -2.55. The highest BCUT2D eigenvalue weighted by Gasteiger charge is 2.43. The van der Waals surface area contributed by atoms with Crippen molar-refractivity contribution in [3.8, 4) is 5.88 Å². The van der Waals surface area contributed by atoms with Crippen molar-refractivity contribution < 1.29 is 14.7 Å². The summed E-state index contributed by atoms with van der Waals surface area (Å²) in [6.45, 7) is 8.60. The van der Waals surface area contributed by atoms with Gasteiger partial charge in [-0.15, -0.1) is 12.4 Å². The number of hydrogen-bond donors (Lipinski definition) is 3. The van der Waals surface area contributed by atoms with Crippen LogP contribution in [0.15, 0.2) is 10.9 Å². The predicted molar refractivity (Wildman–Crippen MR) is 143 cm³/mol. The van der Waals surface area contributed by atoms with E-state index in [-0.39, 0.29) is 41.4 Å². The number of halogens is 1. The summed E-state index contributed by atoms with van der Waals surface area (Å²) in [5.41, 5.74) is 0.540. The molecule has 11 heteroatoms. The molecule has 10 nitrogen and oxygen atoms in total. The Morgan fingerprint density at radius 1 is 1.27 bits per heavy atom. The molecule has 1 saturated carbocycles. The minimum absolute atomic E-state index is 0. The lowest BCUT2D eigenvalue weighted by atomic mass is 9.87. The van der Waals surface area contributed by atoms with Crippen molar-refractivity contribution in [3.05, 3.63) is 33.3 Å². The number of likely N-dealkylation sites (tertiary alicyclic amines) is 1. The standard InChI is InChI=1S/C26H36N6O4.ClH/c1-16(2)14-30-23-19(8-9-20(33)31-13-5-11-26(31)10-4-12-27-15-26)17(3)29-32(23)25(36)21(24(30)35)22(34)28-18-6-7-18;/h8-9,16,18,27,36H,4-7,10-15H2,1-3H3,(H,28,34);1H. The van der Waals surface area contributed by atoms with E-state index in [9.17, 15) is 19.5 Å². The number of aryl methyl sites for hydroxylation is 1. The smallest absolute Gasteiger partial charge is 0.270 e. The first-order valence-corrected chi connectivity index (χ1v) is 13.1. The van der Waals surface area contributed by atoms with Gasteiger partial charge in [0.05, 0.1) is 11.2 Å². The summed E-state index contributed by atoms with van der Waals surface area (Å²) in [6, 6.07) is 0.0441. The van der Waals surface area contributed by atoms with Gasteiger partial charge in [0.25, 0.3) is 11.5 Å². The Kier molecular flexibility index (Phi) is 7.71. The predicted octanol–water partition coefficient (Wildman–Crippen LogP) is 2.24. The maximum Gasteiger partial charge on any atom is 0.270 e. The van der Waals surface area contributed by atoms with Crippen LogP contribution in [0.2, 0.25) is 0 Å².